The topological polar surface area (TPSA) is 81.1 Å². The molecule has 0 aliphatic heterocycles. The van der Waals surface area contributed by atoms with Gasteiger partial charge in [0.1, 0.15) is 5.82 Å². The van der Waals surface area contributed by atoms with Gasteiger partial charge in [-0.3, -0.25) is 4.79 Å². The van der Waals surface area contributed by atoms with Crippen molar-refractivity contribution in [2.75, 3.05) is 0 Å². The summed E-state index contributed by atoms with van der Waals surface area (Å²) in [4.78, 5) is 16.2. The number of carbonyl (C=O) groups is 1. The Hall–Kier alpha value is -1.37. The van der Waals surface area contributed by atoms with Gasteiger partial charge in [-0.2, -0.15) is 8.42 Å². The highest BCUT2D eigenvalue weighted by Crippen LogP contribution is 2.42. The minimum absolute atomic E-state index is 0.108. The van der Waals surface area contributed by atoms with E-state index in [0.717, 1.165) is 19.3 Å². The third kappa shape index (κ3) is 4.56. The summed E-state index contributed by atoms with van der Waals surface area (Å²) in [6.45, 7) is 8.33. The third-order valence-corrected chi connectivity index (χ3v) is 5.81. The van der Waals surface area contributed by atoms with E-state index < -0.39 is 15.9 Å². The molecule has 2 unspecified atom stereocenters. The van der Waals surface area contributed by atoms with E-state index in [-0.39, 0.29) is 22.8 Å². The van der Waals surface area contributed by atoms with Gasteiger partial charge in [-0.15, -0.1) is 0 Å². The lowest BCUT2D eigenvalue weighted by Crippen LogP contribution is -2.35. The van der Waals surface area contributed by atoms with Crippen LogP contribution in [0.15, 0.2) is 11.2 Å². The highest BCUT2D eigenvalue weighted by Gasteiger charge is 2.33. The molecule has 0 radical (unpaired) electrons. The van der Waals surface area contributed by atoms with E-state index >= 15 is 0 Å². The average Bonchev–Trinajstić information content (AvgIpc) is 2.66. The fraction of sp³-hybridized carbons (Fsp3) is 0.750. The number of imidazole rings is 1. The smallest absolute Gasteiger partial charge is 0.283 e. The van der Waals surface area contributed by atoms with Gasteiger partial charge in [-0.05, 0) is 43.4 Å². The molecule has 0 saturated heterocycles. The van der Waals surface area contributed by atoms with E-state index in [4.69, 9.17) is 0 Å². The number of nitrogens with zero attached hydrogens (tertiary/aromatic N) is 2. The molecule has 1 fully saturated rings. The molecular formula is C16H27N3O3S. The molecule has 0 bridgehead atoms. The molecule has 1 saturated carbocycles. The number of rotatable bonds is 4. The number of hydrogen-bond acceptors (Lipinski definition) is 4. The van der Waals surface area contributed by atoms with Crippen molar-refractivity contribution in [3.63, 3.8) is 0 Å². The minimum atomic E-state index is -3.89. The van der Waals surface area contributed by atoms with Crippen LogP contribution in [0.25, 0.3) is 0 Å². The zero-order valence-corrected chi connectivity index (χ0v) is 15.4. The standard InChI is InChI=1S/C16H27N3O3S/c1-11-6-13(9-16(3,4)8-11)7-14(20)18-23(21,22)15-10-19(5)12(2)17-15/h10-11,13H,6-9H2,1-5H3,(H,18,20). The van der Waals surface area contributed by atoms with E-state index in [9.17, 15) is 13.2 Å². The fourth-order valence-corrected chi connectivity index (χ4v) is 4.90. The average molecular weight is 341 g/mol. The van der Waals surface area contributed by atoms with E-state index in [2.05, 4.69) is 30.5 Å². The van der Waals surface area contributed by atoms with Crippen LogP contribution < -0.4 is 4.72 Å². The van der Waals surface area contributed by atoms with E-state index in [1.807, 2.05) is 0 Å². The van der Waals surface area contributed by atoms with Crippen molar-refractivity contribution < 1.29 is 13.2 Å². The molecule has 1 aromatic rings. The molecule has 2 atom stereocenters. The monoisotopic (exact) mass is 341 g/mol. The Labute approximate surface area is 138 Å². The predicted octanol–water partition coefficient (Wildman–Crippen LogP) is 2.39. The number of hydrogen-bond donors (Lipinski definition) is 1. The number of amides is 1. The van der Waals surface area contributed by atoms with Crippen molar-refractivity contribution >= 4 is 15.9 Å². The first-order valence-corrected chi connectivity index (χ1v) is 9.52. The second kappa shape index (κ2) is 6.26. The van der Waals surface area contributed by atoms with Gasteiger partial charge in [0.2, 0.25) is 5.91 Å². The lowest BCUT2D eigenvalue weighted by Gasteiger charge is -2.38. The Morgan fingerprint density at radius 2 is 2.09 bits per heavy atom. The maximum absolute atomic E-state index is 12.2. The normalized spacial score (nSPS) is 24.4. The molecule has 1 N–H and O–H groups in total. The molecule has 0 aromatic carbocycles. The highest BCUT2D eigenvalue weighted by molar-refractivity contribution is 7.90. The summed E-state index contributed by atoms with van der Waals surface area (Å²) in [5.74, 6) is 0.935. The Bertz CT molecular complexity index is 672. The first-order valence-electron chi connectivity index (χ1n) is 8.04. The predicted molar refractivity (Wildman–Crippen MR) is 88.2 cm³/mol. The fourth-order valence-electron chi connectivity index (χ4n) is 3.86. The highest BCUT2D eigenvalue weighted by atomic mass is 32.2. The maximum atomic E-state index is 12.2. The summed E-state index contributed by atoms with van der Waals surface area (Å²) in [6, 6.07) is 0. The van der Waals surface area contributed by atoms with Crippen LogP contribution in [-0.2, 0) is 21.9 Å². The largest absolute Gasteiger partial charge is 0.337 e. The molecule has 6 nitrogen and oxygen atoms in total. The van der Waals surface area contributed by atoms with Crippen molar-refractivity contribution in [2.45, 2.75) is 58.4 Å². The molecule has 0 spiro atoms. The van der Waals surface area contributed by atoms with Crippen LogP contribution >= 0.6 is 0 Å². The van der Waals surface area contributed by atoms with Gasteiger partial charge in [0.25, 0.3) is 10.0 Å². The van der Waals surface area contributed by atoms with E-state index in [1.54, 1.807) is 18.5 Å². The molecule has 23 heavy (non-hydrogen) atoms. The van der Waals surface area contributed by atoms with Gasteiger partial charge >= 0.3 is 0 Å². The second-order valence-electron chi connectivity index (χ2n) is 7.75. The summed E-state index contributed by atoms with van der Waals surface area (Å²) in [5.41, 5.74) is 0.208. The summed E-state index contributed by atoms with van der Waals surface area (Å²) >= 11 is 0. The molecule has 1 amide bonds. The molecule has 2 rings (SSSR count). The number of carbonyl (C=O) groups excluding carboxylic acids is 1. The van der Waals surface area contributed by atoms with Crippen LogP contribution in [0.4, 0.5) is 0 Å². The number of nitrogens with one attached hydrogen (secondary N) is 1. The van der Waals surface area contributed by atoms with Crippen LogP contribution in [-0.4, -0.2) is 23.9 Å². The quantitative estimate of drug-likeness (QED) is 0.912. The lowest BCUT2D eigenvalue weighted by molar-refractivity contribution is -0.120. The van der Waals surface area contributed by atoms with Gasteiger partial charge in [-0.25, -0.2) is 9.71 Å². The summed E-state index contributed by atoms with van der Waals surface area (Å²) in [6.07, 6.45) is 4.74. The van der Waals surface area contributed by atoms with Gasteiger partial charge in [-0.1, -0.05) is 20.8 Å². The Balaban J connectivity index is 2.01. The Morgan fingerprint density at radius 3 is 2.61 bits per heavy atom. The number of aryl methyl sites for hydroxylation is 2. The van der Waals surface area contributed by atoms with Crippen molar-refractivity contribution in [3.8, 4) is 0 Å². The van der Waals surface area contributed by atoms with Crippen LogP contribution in [0.3, 0.4) is 0 Å². The van der Waals surface area contributed by atoms with Gasteiger partial charge in [0.05, 0.1) is 0 Å². The van der Waals surface area contributed by atoms with Gasteiger partial charge in [0.15, 0.2) is 5.03 Å². The SMILES string of the molecule is Cc1nc(S(=O)(=O)NC(=O)CC2CC(C)CC(C)(C)C2)cn1C. The van der Waals surface area contributed by atoms with Crippen LogP contribution in [0, 0.1) is 24.2 Å². The third-order valence-electron chi connectivity index (χ3n) is 4.56. The Morgan fingerprint density at radius 1 is 1.43 bits per heavy atom. The van der Waals surface area contributed by atoms with Crippen LogP contribution in [0.5, 0.6) is 0 Å². The van der Waals surface area contributed by atoms with Crippen molar-refractivity contribution in [1.82, 2.24) is 14.3 Å². The van der Waals surface area contributed by atoms with E-state index in [1.165, 1.54) is 6.20 Å². The molecule has 7 heteroatoms. The number of aromatic nitrogens is 2. The van der Waals surface area contributed by atoms with Crippen molar-refractivity contribution in [2.24, 2.45) is 24.3 Å². The second-order valence-corrected chi connectivity index (χ2v) is 9.38. The van der Waals surface area contributed by atoms with E-state index in [0.29, 0.717) is 11.7 Å². The van der Waals surface area contributed by atoms with Crippen molar-refractivity contribution in [1.29, 1.82) is 0 Å². The molecule has 1 aliphatic rings. The zero-order valence-electron chi connectivity index (χ0n) is 14.6. The maximum Gasteiger partial charge on any atom is 0.283 e. The first kappa shape index (κ1) is 18.0. The van der Waals surface area contributed by atoms with Crippen LogP contribution in [0.2, 0.25) is 0 Å². The Kier molecular flexibility index (Phi) is 4.89. The summed E-state index contributed by atoms with van der Waals surface area (Å²) in [7, 11) is -2.17. The number of sulfonamides is 1. The zero-order chi connectivity index (χ0) is 17.4. The van der Waals surface area contributed by atoms with Gasteiger partial charge in [0, 0.05) is 19.7 Å². The minimum Gasteiger partial charge on any atom is -0.337 e. The summed E-state index contributed by atoms with van der Waals surface area (Å²) in [5, 5.41) is -0.108. The summed E-state index contributed by atoms with van der Waals surface area (Å²) < 4.78 is 28.2. The van der Waals surface area contributed by atoms with Gasteiger partial charge < -0.3 is 4.57 Å². The van der Waals surface area contributed by atoms with Crippen LogP contribution in [0.1, 0.15) is 52.3 Å². The lowest BCUT2D eigenvalue weighted by atomic mass is 9.67. The first-order chi connectivity index (χ1) is 10.5. The molecule has 130 valence electrons. The molecular weight excluding hydrogens is 314 g/mol. The molecule has 1 heterocycles. The molecule has 1 aromatic heterocycles. The molecule has 1 aliphatic carbocycles. The van der Waals surface area contributed by atoms with Crippen molar-refractivity contribution in [3.05, 3.63) is 12.0 Å².